The van der Waals surface area contributed by atoms with Gasteiger partial charge in [0.15, 0.2) is 0 Å². The van der Waals surface area contributed by atoms with Gasteiger partial charge >= 0.3 is 11.9 Å². The molecule has 1 atom stereocenters. The van der Waals surface area contributed by atoms with Crippen LogP contribution in [-0.2, 0) is 19.1 Å². The monoisotopic (exact) mass is 548 g/mol. The molecule has 188 valence electrons. The molecule has 0 unspecified atom stereocenters. The van der Waals surface area contributed by atoms with Crippen molar-refractivity contribution in [2.75, 3.05) is 7.11 Å². The van der Waals surface area contributed by atoms with Crippen LogP contribution < -0.4 is 0 Å². The SMILES string of the molecule is COC(=O)C(C)(C)OC(=O)CC[C@@H]1N=C(c2ccccn2)c2cc(Cl)c(Cl)c(Cl)c2-n2c(C)cnc21. The number of ether oxygens (including phenoxy) is 2. The highest BCUT2D eigenvalue weighted by atomic mass is 35.5. The molecule has 0 fully saturated rings. The van der Waals surface area contributed by atoms with E-state index in [-0.39, 0.29) is 27.9 Å². The summed E-state index contributed by atoms with van der Waals surface area (Å²) in [5.41, 5.74) is 1.72. The lowest BCUT2D eigenvalue weighted by Crippen LogP contribution is -2.38. The van der Waals surface area contributed by atoms with E-state index in [0.29, 0.717) is 28.5 Å². The molecule has 0 radical (unpaired) electrons. The molecule has 0 N–H and O–H groups in total. The Labute approximate surface area is 223 Å². The van der Waals surface area contributed by atoms with Crippen LogP contribution in [0.2, 0.25) is 15.1 Å². The summed E-state index contributed by atoms with van der Waals surface area (Å²) in [6.07, 6.45) is 3.58. The van der Waals surface area contributed by atoms with E-state index in [4.69, 9.17) is 49.3 Å². The summed E-state index contributed by atoms with van der Waals surface area (Å²) in [5.74, 6) is -0.647. The van der Waals surface area contributed by atoms with Gasteiger partial charge in [0.25, 0.3) is 0 Å². The molecule has 1 aliphatic heterocycles. The van der Waals surface area contributed by atoms with Gasteiger partial charge in [-0.25, -0.2) is 9.78 Å². The Morgan fingerprint density at radius 3 is 2.56 bits per heavy atom. The van der Waals surface area contributed by atoms with Gasteiger partial charge in [0.2, 0.25) is 5.60 Å². The van der Waals surface area contributed by atoms with Crippen molar-refractivity contribution in [1.82, 2.24) is 14.5 Å². The van der Waals surface area contributed by atoms with Crippen LogP contribution in [0.25, 0.3) is 5.69 Å². The summed E-state index contributed by atoms with van der Waals surface area (Å²) in [7, 11) is 1.24. The minimum Gasteiger partial charge on any atom is -0.466 e. The van der Waals surface area contributed by atoms with Gasteiger partial charge in [0.1, 0.15) is 11.9 Å². The zero-order valence-corrected chi connectivity index (χ0v) is 22.3. The van der Waals surface area contributed by atoms with E-state index >= 15 is 0 Å². The number of nitrogens with zero attached hydrogens (tertiary/aromatic N) is 4. The highest BCUT2D eigenvalue weighted by molar-refractivity contribution is 6.49. The average molecular weight is 550 g/mol. The Morgan fingerprint density at radius 2 is 1.89 bits per heavy atom. The molecular weight excluding hydrogens is 527 g/mol. The Morgan fingerprint density at radius 1 is 1.14 bits per heavy atom. The van der Waals surface area contributed by atoms with Crippen molar-refractivity contribution in [3.8, 4) is 5.69 Å². The van der Waals surface area contributed by atoms with Gasteiger partial charge in [-0.05, 0) is 45.4 Å². The number of aryl methyl sites for hydroxylation is 1. The Hall–Kier alpha value is -2.94. The standard InChI is InChI=1S/C25H23Cl3N4O4/c1-13-12-30-23-17(8-9-18(33)36-25(2,3)24(34)35-4)31-21(16-7-5-6-10-29-16)14-11-15(26)19(27)20(28)22(14)32(13)23/h5-7,10-12,17H,8-9H2,1-4H3/t17-/m0/s1. The van der Waals surface area contributed by atoms with Crippen molar-refractivity contribution < 1.29 is 19.1 Å². The van der Waals surface area contributed by atoms with Gasteiger partial charge in [0.05, 0.1) is 39.3 Å². The topological polar surface area (TPSA) is 95.7 Å². The minimum atomic E-state index is -1.41. The van der Waals surface area contributed by atoms with Crippen LogP contribution in [0, 0.1) is 6.92 Å². The second-order valence-electron chi connectivity index (χ2n) is 8.70. The molecule has 8 nitrogen and oxygen atoms in total. The van der Waals surface area contributed by atoms with E-state index in [2.05, 4.69) is 9.97 Å². The molecular formula is C25H23Cl3N4O4. The largest absolute Gasteiger partial charge is 0.466 e. The van der Waals surface area contributed by atoms with Crippen molar-refractivity contribution in [3.63, 3.8) is 0 Å². The Bertz CT molecular complexity index is 1370. The molecule has 1 aliphatic rings. The molecule has 3 heterocycles. The fraction of sp³-hybridized carbons (Fsp3) is 0.320. The number of halogens is 3. The van der Waals surface area contributed by atoms with Crippen molar-refractivity contribution >= 4 is 52.5 Å². The highest BCUT2D eigenvalue weighted by Crippen LogP contribution is 2.42. The van der Waals surface area contributed by atoms with Crippen molar-refractivity contribution in [3.05, 3.63) is 74.5 Å². The molecule has 11 heteroatoms. The second kappa shape index (κ2) is 10.2. The molecule has 0 amide bonds. The first kappa shape index (κ1) is 26.1. The number of aromatic nitrogens is 3. The third-order valence-electron chi connectivity index (χ3n) is 5.74. The van der Waals surface area contributed by atoms with Crippen LogP contribution in [0.15, 0.2) is 41.7 Å². The van der Waals surface area contributed by atoms with Gasteiger partial charge in [-0.1, -0.05) is 40.9 Å². The number of fused-ring (bicyclic) bond motifs is 3. The number of methoxy groups -OCH3 is 1. The first-order chi connectivity index (χ1) is 17.0. The van der Waals surface area contributed by atoms with Gasteiger partial charge in [-0.3, -0.25) is 19.3 Å². The number of benzene rings is 1. The van der Waals surface area contributed by atoms with Crippen molar-refractivity contribution in [2.45, 2.75) is 45.3 Å². The number of carbonyl (C=O) groups excluding carboxylic acids is 2. The van der Waals surface area contributed by atoms with Gasteiger partial charge in [0, 0.05) is 30.1 Å². The lowest BCUT2D eigenvalue weighted by molar-refractivity contribution is -0.176. The fourth-order valence-corrected chi connectivity index (χ4v) is 4.71. The normalized spacial score (nSPS) is 14.9. The third kappa shape index (κ3) is 4.85. The molecule has 36 heavy (non-hydrogen) atoms. The zero-order chi connectivity index (χ0) is 26.2. The number of rotatable bonds is 6. The second-order valence-corrected chi connectivity index (χ2v) is 9.86. The number of pyridine rings is 1. The number of aliphatic imine (C=N–C) groups is 1. The summed E-state index contributed by atoms with van der Waals surface area (Å²) in [4.78, 5) is 38.6. The van der Waals surface area contributed by atoms with E-state index in [1.807, 2.05) is 23.6 Å². The maximum Gasteiger partial charge on any atom is 0.349 e. The zero-order valence-electron chi connectivity index (χ0n) is 20.0. The number of imidazole rings is 1. The van der Waals surface area contributed by atoms with Crippen LogP contribution in [0.5, 0.6) is 0 Å². The van der Waals surface area contributed by atoms with E-state index in [1.54, 1.807) is 24.5 Å². The van der Waals surface area contributed by atoms with Crippen LogP contribution >= 0.6 is 34.8 Å². The van der Waals surface area contributed by atoms with Crippen molar-refractivity contribution in [2.24, 2.45) is 4.99 Å². The van der Waals surface area contributed by atoms with E-state index < -0.39 is 23.6 Å². The number of hydrogen-bond donors (Lipinski definition) is 0. The maximum atomic E-state index is 12.7. The van der Waals surface area contributed by atoms with Gasteiger partial charge in [-0.2, -0.15) is 0 Å². The summed E-state index contributed by atoms with van der Waals surface area (Å²) in [6, 6.07) is 6.61. The molecule has 0 saturated heterocycles. The minimum absolute atomic E-state index is 0.0262. The summed E-state index contributed by atoms with van der Waals surface area (Å²) >= 11 is 19.6. The lowest BCUT2D eigenvalue weighted by atomic mass is 10.0. The molecule has 1 aromatic carbocycles. The van der Waals surface area contributed by atoms with Crippen LogP contribution in [0.4, 0.5) is 0 Å². The number of esters is 2. The number of hydrogen-bond acceptors (Lipinski definition) is 7. The molecule has 4 rings (SSSR count). The molecule has 0 bridgehead atoms. The Balaban J connectivity index is 1.80. The lowest BCUT2D eigenvalue weighted by Gasteiger charge is -2.22. The van der Waals surface area contributed by atoms with E-state index in [0.717, 1.165) is 5.69 Å². The van der Waals surface area contributed by atoms with Gasteiger partial charge in [-0.15, -0.1) is 0 Å². The van der Waals surface area contributed by atoms with Gasteiger partial charge < -0.3 is 9.47 Å². The Kier molecular flexibility index (Phi) is 7.41. The van der Waals surface area contributed by atoms with Crippen molar-refractivity contribution in [1.29, 1.82) is 0 Å². The average Bonchev–Trinajstić information content (AvgIpc) is 3.16. The van der Waals surface area contributed by atoms with Crippen LogP contribution in [0.3, 0.4) is 0 Å². The smallest absolute Gasteiger partial charge is 0.349 e. The van der Waals surface area contributed by atoms with E-state index in [9.17, 15) is 9.59 Å². The quantitative estimate of drug-likeness (QED) is 0.289. The molecule has 0 aliphatic carbocycles. The third-order valence-corrected chi connectivity index (χ3v) is 6.99. The molecule has 0 saturated carbocycles. The molecule has 0 spiro atoms. The molecule has 2 aromatic heterocycles. The fourth-order valence-electron chi connectivity index (χ4n) is 4.03. The van der Waals surface area contributed by atoms with Crippen LogP contribution in [0.1, 0.15) is 55.5 Å². The summed E-state index contributed by atoms with van der Waals surface area (Å²) in [6.45, 7) is 4.83. The summed E-state index contributed by atoms with van der Waals surface area (Å²) < 4.78 is 12.0. The summed E-state index contributed by atoms with van der Waals surface area (Å²) in [5, 5.41) is 0.740. The van der Waals surface area contributed by atoms with E-state index in [1.165, 1.54) is 21.0 Å². The number of carbonyl (C=O) groups is 2. The van der Waals surface area contributed by atoms with Crippen LogP contribution in [-0.4, -0.2) is 44.9 Å². The molecule has 3 aromatic rings. The predicted octanol–water partition coefficient (Wildman–Crippen LogP) is 5.70. The maximum absolute atomic E-state index is 12.7. The highest BCUT2D eigenvalue weighted by Gasteiger charge is 2.35. The predicted molar refractivity (Wildman–Crippen MR) is 137 cm³/mol. The first-order valence-electron chi connectivity index (χ1n) is 11.1. The first-order valence-corrected chi connectivity index (χ1v) is 12.2.